The lowest BCUT2D eigenvalue weighted by atomic mass is 10.00. The van der Waals surface area contributed by atoms with E-state index >= 15 is 0 Å². The highest BCUT2D eigenvalue weighted by Gasteiger charge is 2.27. The van der Waals surface area contributed by atoms with E-state index in [1.165, 1.54) is 18.2 Å². The first-order valence-corrected chi connectivity index (χ1v) is 6.64. The molecule has 1 aliphatic heterocycles. The number of amides is 1. The predicted octanol–water partition coefficient (Wildman–Crippen LogP) is 2.25. The predicted molar refractivity (Wildman–Crippen MR) is 69.9 cm³/mol. The molecule has 1 aromatic carbocycles. The topological polar surface area (TPSA) is 62.1 Å². The zero-order valence-electron chi connectivity index (χ0n) is 10.0. The van der Waals surface area contributed by atoms with Gasteiger partial charge >= 0.3 is 0 Å². The zero-order chi connectivity index (χ0) is 13.8. The number of nitrogens with one attached hydrogen (secondary N) is 1. The van der Waals surface area contributed by atoms with Crippen molar-refractivity contribution in [3.63, 3.8) is 0 Å². The summed E-state index contributed by atoms with van der Waals surface area (Å²) in [5.74, 6) is -0.811. The van der Waals surface area contributed by atoms with Gasteiger partial charge in [-0.25, -0.2) is 4.39 Å². The van der Waals surface area contributed by atoms with E-state index in [9.17, 15) is 9.18 Å². The molecule has 100 valence electrons. The molecule has 0 unspecified atom stereocenters. The fraction of sp³-hybridized carbons (Fsp3) is 0.385. The highest BCUT2D eigenvalue weighted by Crippen LogP contribution is 2.19. The summed E-state index contributed by atoms with van der Waals surface area (Å²) in [7, 11) is 0. The second-order valence-electron chi connectivity index (χ2n) is 4.33. The number of hydrogen-bond donors (Lipinski definition) is 1. The number of hydrogen-bond acceptors (Lipinski definition) is 3. The third kappa shape index (κ3) is 3.31. The lowest BCUT2D eigenvalue weighted by molar-refractivity contribution is 0.0931. The van der Waals surface area contributed by atoms with E-state index in [0.717, 1.165) is 6.42 Å². The number of benzene rings is 1. The number of halogens is 2. The normalized spacial score (nSPS) is 19.7. The summed E-state index contributed by atoms with van der Waals surface area (Å²) >= 11 is 3.02. The Morgan fingerprint density at radius 1 is 1.63 bits per heavy atom. The monoisotopic (exact) mass is 326 g/mol. The lowest BCUT2D eigenvalue weighted by Crippen LogP contribution is -2.39. The molecule has 4 nitrogen and oxygen atoms in total. The van der Waals surface area contributed by atoms with Crippen LogP contribution < -0.4 is 5.32 Å². The van der Waals surface area contributed by atoms with Crippen LogP contribution in [0.4, 0.5) is 4.39 Å². The van der Waals surface area contributed by atoms with Gasteiger partial charge in [-0.1, -0.05) is 0 Å². The molecule has 1 saturated heterocycles. The molecular weight excluding hydrogens is 315 g/mol. The van der Waals surface area contributed by atoms with Crippen molar-refractivity contribution in [3.8, 4) is 6.07 Å². The average molecular weight is 327 g/mol. The molecule has 2 rings (SSSR count). The SMILES string of the molecule is N#C[C@H](NC(=O)c1ccc(F)c(Br)c1)[C@H]1CCOC1. The molecule has 0 aliphatic carbocycles. The molecule has 1 fully saturated rings. The van der Waals surface area contributed by atoms with Gasteiger partial charge in [-0.2, -0.15) is 5.26 Å². The van der Waals surface area contributed by atoms with Crippen molar-refractivity contribution in [1.29, 1.82) is 5.26 Å². The van der Waals surface area contributed by atoms with Gasteiger partial charge in [-0.05, 0) is 40.5 Å². The first-order valence-electron chi connectivity index (χ1n) is 5.85. The minimum Gasteiger partial charge on any atom is -0.381 e. The van der Waals surface area contributed by atoms with Gasteiger partial charge in [0.1, 0.15) is 11.9 Å². The minimum absolute atomic E-state index is 0.0119. The lowest BCUT2D eigenvalue weighted by Gasteiger charge is -2.16. The maximum Gasteiger partial charge on any atom is 0.252 e. The average Bonchev–Trinajstić information content (AvgIpc) is 2.92. The summed E-state index contributed by atoms with van der Waals surface area (Å²) in [6.45, 7) is 1.09. The Bertz CT molecular complexity index is 524. The first kappa shape index (κ1) is 14.0. The zero-order valence-corrected chi connectivity index (χ0v) is 11.6. The van der Waals surface area contributed by atoms with Gasteiger partial charge in [0, 0.05) is 18.1 Å². The van der Waals surface area contributed by atoms with Crippen molar-refractivity contribution in [1.82, 2.24) is 5.32 Å². The van der Waals surface area contributed by atoms with E-state index < -0.39 is 11.9 Å². The Morgan fingerprint density at radius 3 is 3.00 bits per heavy atom. The van der Waals surface area contributed by atoms with Gasteiger partial charge in [0.2, 0.25) is 0 Å². The smallest absolute Gasteiger partial charge is 0.252 e. The van der Waals surface area contributed by atoms with Crippen molar-refractivity contribution >= 4 is 21.8 Å². The molecule has 6 heteroatoms. The quantitative estimate of drug-likeness (QED) is 0.926. The largest absolute Gasteiger partial charge is 0.381 e. The molecule has 0 saturated carbocycles. The molecule has 0 aromatic heterocycles. The molecular formula is C13H12BrFN2O2. The highest BCUT2D eigenvalue weighted by atomic mass is 79.9. The van der Waals surface area contributed by atoms with Crippen molar-refractivity contribution in [2.45, 2.75) is 12.5 Å². The summed E-state index contributed by atoms with van der Waals surface area (Å²) in [5.41, 5.74) is 0.312. The second kappa shape index (κ2) is 6.13. The molecule has 1 aromatic rings. The number of ether oxygens (including phenoxy) is 1. The summed E-state index contributed by atoms with van der Waals surface area (Å²) in [6.07, 6.45) is 0.756. The third-order valence-corrected chi connectivity index (χ3v) is 3.65. The van der Waals surface area contributed by atoms with E-state index in [-0.39, 0.29) is 16.3 Å². The molecule has 1 amide bonds. The molecule has 1 N–H and O–H groups in total. The van der Waals surface area contributed by atoms with Gasteiger partial charge in [0.05, 0.1) is 17.1 Å². The molecule has 0 bridgehead atoms. The molecule has 1 heterocycles. The van der Waals surface area contributed by atoms with Crippen molar-refractivity contribution in [3.05, 3.63) is 34.1 Å². The van der Waals surface area contributed by atoms with E-state index in [1.807, 2.05) is 0 Å². The van der Waals surface area contributed by atoms with Gasteiger partial charge in [0.25, 0.3) is 5.91 Å². The van der Waals surface area contributed by atoms with Crippen LogP contribution in [0.25, 0.3) is 0 Å². The Labute approximate surface area is 118 Å². The van der Waals surface area contributed by atoms with Crippen molar-refractivity contribution < 1.29 is 13.9 Å². The van der Waals surface area contributed by atoms with E-state index in [4.69, 9.17) is 10.00 Å². The fourth-order valence-electron chi connectivity index (χ4n) is 1.93. The molecule has 0 spiro atoms. The molecule has 2 atom stereocenters. The maximum atomic E-state index is 13.1. The standard InChI is InChI=1S/C13H12BrFN2O2/c14-10-5-8(1-2-11(10)15)13(18)17-12(6-16)9-3-4-19-7-9/h1-2,5,9,12H,3-4,7H2,(H,17,18)/t9-,12-/m0/s1. The number of rotatable bonds is 3. The van der Waals surface area contributed by atoms with Crippen LogP contribution in [-0.2, 0) is 4.74 Å². The Hall–Kier alpha value is -1.45. The summed E-state index contributed by atoms with van der Waals surface area (Å²) in [6, 6.07) is 5.47. The Kier molecular flexibility index (Phi) is 4.51. The van der Waals surface area contributed by atoms with Crippen LogP contribution in [-0.4, -0.2) is 25.2 Å². The number of nitrogens with zero attached hydrogens (tertiary/aromatic N) is 1. The first-order chi connectivity index (χ1) is 9.11. The van der Waals surface area contributed by atoms with Crippen LogP contribution in [0.2, 0.25) is 0 Å². The van der Waals surface area contributed by atoms with Crippen LogP contribution in [0.1, 0.15) is 16.8 Å². The van der Waals surface area contributed by atoms with Crippen LogP contribution in [0.15, 0.2) is 22.7 Å². The van der Waals surface area contributed by atoms with Crippen LogP contribution >= 0.6 is 15.9 Å². The number of carbonyl (C=O) groups is 1. The molecule has 1 aliphatic rings. The second-order valence-corrected chi connectivity index (χ2v) is 5.19. The maximum absolute atomic E-state index is 13.1. The number of carbonyl (C=O) groups excluding carboxylic acids is 1. The van der Waals surface area contributed by atoms with Gasteiger partial charge in [0.15, 0.2) is 0 Å². The minimum atomic E-state index is -0.584. The third-order valence-electron chi connectivity index (χ3n) is 3.04. The highest BCUT2D eigenvalue weighted by molar-refractivity contribution is 9.10. The van der Waals surface area contributed by atoms with E-state index in [1.54, 1.807) is 0 Å². The van der Waals surface area contributed by atoms with E-state index in [0.29, 0.717) is 18.8 Å². The van der Waals surface area contributed by atoms with Crippen LogP contribution in [0.5, 0.6) is 0 Å². The van der Waals surface area contributed by atoms with Crippen molar-refractivity contribution in [2.75, 3.05) is 13.2 Å². The Morgan fingerprint density at radius 2 is 2.42 bits per heavy atom. The summed E-state index contributed by atoms with van der Waals surface area (Å²) in [4.78, 5) is 12.0. The molecule has 19 heavy (non-hydrogen) atoms. The van der Waals surface area contributed by atoms with Gasteiger partial charge in [-0.15, -0.1) is 0 Å². The van der Waals surface area contributed by atoms with Gasteiger partial charge < -0.3 is 10.1 Å². The summed E-state index contributed by atoms with van der Waals surface area (Å²) < 4.78 is 18.5. The fourth-order valence-corrected chi connectivity index (χ4v) is 2.31. The van der Waals surface area contributed by atoms with E-state index in [2.05, 4.69) is 27.3 Å². The van der Waals surface area contributed by atoms with Crippen LogP contribution in [0.3, 0.4) is 0 Å². The number of nitriles is 1. The Balaban J connectivity index is 2.06. The van der Waals surface area contributed by atoms with Crippen molar-refractivity contribution in [2.24, 2.45) is 5.92 Å². The molecule has 0 radical (unpaired) electrons. The summed E-state index contributed by atoms with van der Waals surface area (Å²) in [5, 5.41) is 11.7. The van der Waals surface area contributed by atoms with Gasteiger partial charge in [-0.3, -0.25) is 4.79 Å². The van der Waals surface area contributed by atoms with Crippen LogP contribution in [0, 0.1) is 23.1 Å².